The smallest absolute Gasteiger partial charge is 0.191 e. The van der Waals surface area contributed by atoms with Crippen molar-refractivity contribution in [3.05, 3.63) is 29.6 Å². The Hall–Kier alpha value is -1.82. The van der Waals surface area contributed by atoms with E-state index in [9.17, 15) is 9.50 Å². The molecule has 138 valence electrons. The topological polar surface area (TPSA) is 65.1 Å². The van der Waals surface area contributed by atoms with Gasteiger partial charge in [0.05, 0.1) is 18.3 Å². The van der Waals surface area contributed by atoms with Crippen LogP contribution in [0.2, 0.25) is 0 Å². The number of aliphatic hydroxyl groups excluding tert-OH is 1. The SMILES string of the molecule is NC(=NCc1ccc(N2CCC(O)CC2)c(F)c1)N1CCCCCC1. The van der Waals surface area contributed by atoms with Gasteiger partial charge < -0.3 is 20.6 Å². The average Bonchev–Trinajstić information content (AvgIpc) is 2.90. The number of rotatable bonds is 3. The third kappa shape index (κ3) is 4.84. The summed E-state index contributed by atoms with van der Waals surface area (Å²) in [4.78, 5) is 8.60. The molecule has 2 aliphatic heterocycles. The van der Waals surface area contributed by atoms with Gasteiger partial charge in [-0.05, 0) is 43.4 Å². The lowest BCUT2D eigenvalue weighted by atomic mass is 10.1. The minimum Gasteiger partial charge on any atom is -0.393 e. The molecule has 0 spiro atoms. The van der Waals surface area contributed by atoms with Crippen LogP contribution in [-0.4, -0.2) is 48.2 Å². The summed E-state index contributed by atoms with van der Waals surface area (Å²) >= 11 is 0. The van der Waals surface area contributed by atoms with Crippen LogP contribution in [0.5, 0.6) is 0 Å². The maximum Gasteiger partial charge on any atom is 0.191 e. The standard InChI is InChI=1S/C19H29FN4O/c20-17-13-15(5-6-18(17)23-11-7-16(25)8-12-23)14-22-19(21)24-9-3-1-2-4-10-24/h5-6,13,16,25H,1-4,7-12,14H2,(H2,21,22). The Bertz CT molecular complexity index is 591. The van der Waals surface area contributed by atoms with Gasteiger partial charge in [-0.2, -0.15) is 0 Å². The van der Waals surface area contributed by atoms with Gasteiger partial charge in [0.2, 0.25) is 0 Å². The molecule has 0 bridgehead atoms. The molecule has 0 radical (unpaired) electrons. The Morgan fingerprint density at radius 3 is 2.44 bits per heavy atom. The molecule has 1 aromatic carbocycles. The van der Waals surface area contributed by atoms with Crippen molar-refractivity contribution in [3.63, 3.8) is 0 Å². The zero-order valence-electron chi connectivity index (χ0n) is 14.8. The molecule has 6 heteroatoms. The van der Waals surface area contributed by atoms with Crippen molar-refractivity contribution in [1.29, 1.82) is 0 Å². The van der Waals surface area contributed by atoms with E-state index < -0.39 is 0 Å². The fourth-order valence-corrected chi connectivity index (χ4v) is 3.58. The van der Waals surface area contributed by atoms with Crippen LogP contribution in [0.25, 0.3) is 0 Å². The van der Waals surface area contributed by atoms with Gasteiger partial charge in [0.15, 0.2) is 5.96 Å². The molecule has 25 heavy (non-hydrogen) atoms. The lowest BCUT2D eigenvalue weighted by Crippen LogP contribution is -2.38. The van der Waals surface area contributed by atoms with Crippen molar-refractivity contribution >= 4 is 11.6 Å². The molecule has 1 aromatic rings. The van der Waals surface area contributed by atoms with Crippen molar-refractivity contribution in [2.75, 3.05) is 31.1 Å². The number of nitrogens with zero attached hydrogens (tertiary/aromatic N) is 3. The number of halogens is 1. The molecule has 2 fully saturated rings. The first-order valence-electron chi connectivity index (χ1n) is 9.40. The number of piperidine rings is 1. The first kappa shape index (κ1) is 18.0. The van der Waals surface area contributed by atoms with E-state index in [0.717, 1.165) is 31.5 Å². The highest BCUT2D eigenvalue weighted by Crippen LogP contribution is 2.24. The molecule has 0 saturated carbocycles. The molecule has 0 atom stereocenters. The molecular weight excluding hydrogens is 319 g/mol. The number of hydrogen-bond donors (Lipinski definition) is 2. The molecule has 0 amide bonds. The van der Waals surface area contributed by atoms with Gasteiger partial charge in [0.25, 0.3) is 0 Å². The summed E-state index contributed by atoms with van der Waals surface area (Å²) < 4.78 is 14.5. The highest BCUT2D eigenvalue weighted by Gasteiger charge is 2.19. The van der Waals surface area contributed by atoms with Gasteiger partial charge in [-0.1, -0.05) is 18.9 Å². The molecule has 2 heterocycles. The summed E-state index contributed by atoms with van der Waals surface area (Å²) in [6, 6.07) is 5.29. The second-order valence-corrected chi connectivity index (χ2v) is 7.08. The van der Waals surface area contributed by atoms with Crippen molar-refractivity contribution < 1.29 is 9.50 Å². The predicted molar refractivity (Wildman–Crippen MR) is 99.2 cm³/mol. The van der Waals surface area contributed by atoms with E-state index in [-0.39, 0.29) is 11.9 Å². The first-order chi connectivity index (χ1) is 12.1. The highest BCUT2D eigenvalue weighted by atomic mass is 19.1. The Labute approximate surface area is 149 Å². The Kier molecular flexibility index (Phi) is 6.13. The van der Waals surface area contributed by atoms with Crippen LogP contribution in [0.3, 0.4) is 0 Å². The number of anilines is 1. The fourth-order valence-electron chi connectivity index (χ4n) is 3.58. The largest absolute Gasteiger partial charge is 0.393 e. The van der Waals surface area contributed by atoms with Gasteiger partial charge in [-0.15, -0.1) is 0 Å². The average molecular weight is 348 g/mol. The maximum absolute atomic E-state index is 14.5. The highest BCUT2D eigenvalue weighted by molar-refractivity contribution is 5.78. The van der Waals surface area contributed by atoms with Crippen molar-refractivity contribution in [2.24, 2.45) is 10.7 Å². The zero-order chi connectivity index (χ0) is 17.6. The Morgan fingerprint density at radius 2 is 1.80 bits per heavy atom. The van der Waals surface area contributed by atoms with Crippen molar-refractivity contribution in [3.8, 4) is 0 Å². The number of guanidine groups is 1. The first-order valence-corrected chi connectivity index (χ1v) is 9.40. The molecule has 3 N–H and O–H groups in total. The minimum atomic E-state index is -0.255. The van der Waals surface area contributed by atoms with E-state index >= 15 is 0 Å². The summed E-state index contributed by atoms with van der Waals surface area (Å²) in [5.74, 6) is 0.342. The lowest BCUT2D eigenvalue weighted by Gasteiger charge is -2.31. The minimum absolute atomic E-state index is 0.225. The third-order valence-electron chi connectivity index (χ3n) is 5.17. The summed E-state index contributed by atoms with van der Waals surface area (Å²) in [7, 11) is 0. The molecule has 5 nitrogen and oxygen atoms in total. The van der Waals surface area contributed by atoms with E-state index in [1.54, 1.807) is 6.07 Å². The van der Waals surface area contributed by atoms with E-state index in [1.165, 1.54) is 12.8 Å². The van der Waals surface area contributed by atoms with Crippen LogP contribution in [0.1, 0.15) is 44.1 Å². The number of aliphatic imine (C=N–C) groups is 1. The molecule has 3 rings (SSSR count). The van der Waals surface area contributed by atoms with Crippen molar-refractivity contribution in [2.45, 2.75) is 51.2 Å². The monoisotopic (exact) mass is 348 g/mol. The van der Waals surface area contributed by atoms with Crippen LogP contribution >= 0.6 is 0 Å². The van der Waals surface area contributed by atoms with E-state index in [2.05, 4.69) is 9.89 Å². The maximum atomic E-state index is 14.5. The zero-order valence-corrected chi connectivity index (χ0v) is 14.8. The van der Waals surface area contributed by atoms with Gasteiger partial charge in [0, 0.05) is 26.2 Å². The molecule has 0 aliphatic carbocycles. The van der Waals surface area contributed by atoms with E-state index in [4.69, 9.17) is 5.73 Å². The third-order valence-corrected chi connectivity index (χ3v) is 5.17. The van der Waals surface area contributed by atoms with Crippen LogP contribution in [0.15, 0.2) is 23.2 Å². The van der Waals surface area contributed by atoms with E-state index in [0.29, 0.717) is 44.1 Å². The number of nitrogens with two attached hydrogens (primary N) is 1. The Balaban J connectivity index is 1.61. The number of hydrogen-bond acceptors (Lipinski definition) is 3. The normalized spacial score (nSPS) is 20.6. The lowest BCUT2D eigenvalue weighted by molar-refractivity contribution is 0.145. The summed E-state index contributed by atoms with van der Waals surface area (Å²) in [5, 5.41) is 9.58. The molecule has 2 aliphatic rings. The quantitative estimate of drug-likeness (QED) is 0.651. The summed E-state index contributed by atoms with van der Waals surface area (Å²) in [5.41, 5.74) is 7.55. The van der Waals surface area contributed by atoms with Crippen molar-refractivity contribution in [1.82, 2.24) is 4.90 Å². The van der Waals surface area contributed by atoms with Gasteiger partial charge in [-0.25, -0.2) is 9.38 Å². The van der Waals surface area contributed by atoms with Crippen LogP contribution in [-0.2, 0) is 6.54 Å². The van der Waals surface area contributed by atoms with Gasteiger partial charge in [0.1, 0.15) is 5.82 Å². The predicted octanol–water partition coefficient (Wildman–Crippen LogP) is 2.48. The number of aliphatic hydroxyl groups is 1. The second-order valence-electron chi connectivity index (χ2n) is 7.08. The van der Waals surface area contributed by atoms with Crippen LogP contribution in [0, 0.1) is 5.82 Å². The van der Waals surface area contributed by atoms with Gasteiger partial charge in [-0.3, -0.25) is 0 Å². The molecule has 0 unspecified atom stereocenters. The summed E-state index contributed by atoms with van der Waals surface area (Å²) in [6.45, 7) is 3.71. The van der Waals surface area contributed by atoms with Crippen LogP contribution < -0.4 is 10.6 Å². The Morgan fingerprint density at radius 1 is 1.12 bits per heavy atom. The number of benzene rings is 1. The van der Waals surface area contributed by atoms with Gasteiger partial charge >= 0.3 is 0 Å². The number of likely N-dealkylation sites (tertiary alicyclic amines) is 1. The molecule has 0 aromatic heterocycles. The second kappa shape index (κ2) is 8.52. The molecular formula is C19H29FN4O. The summed E-state index contributed by atoms with van der Waals surface area (Å²) in [6.07, 6.45) is 5.95. The van der Waals surface area contributed by atoms with E-state index in [1.807, 2.05) is 17.0 Å². The fraction of sp³-hybridized carbons (Fsp3) is 0.632. The van der Waals surface area contributed by atoms with Crippen LogP contribution in [0.4, 0.5) is 10.1 Å². The molecule has 2 saturated heterocycles.